The zero-order valence-corrected chi connectivity index (χ0v) is 20.0. The SMILES string of the molecule is C[C@@H](NC(=O)c1cnc(-c2cccc(-c3cc(C(=O)N[C@H](C)C4CC4)n(CCO)n3)c2)o1)C1CC1. The van der Waals surface area contributed by atoms with Crippen molar-refractivity contribution < 1.29 is 19.1 Å². The molecule has 3 N–H and O–H groups in total. The molecule has 2 heterocycles. The van der Waals surface area contributed by atoms with Crippen molar-refractivity contribution in [1.29, 1.82) is 0 Å². The van der Waals surface area contributed by atoms with Gasteiger partial charge < -0.3 is 20.2 Å². The molecule has 9 nitrogen and oxygen atoms in total. The number of aromatic nitrogens is 3. The van der Waals surface area contributed by atoms with Crippen molar-refractivity contribution in [1.82, 2.24) is 25.4 Å². The zero-order chi connectivity index (χ0) is 24.5. The van der Waals surface area contributed by atoms with E-state index in [-0.39, 0.29) is 42.8 Å². The average Bonchev–Trinajstić information content (AvgIpc) is 3.78. The number of carbonyl (C=O) groups is 2. The molecule has 2 aliphatic carbocycles. The minimum absolute atomic E-state index is 0.107. The highest BCUT2D eigenvalue weighted by Gasteiger charge is 2.31. The third-order valence-electron chi connectivity index (χ3n) is 6.83. The lowest BCUT2D eigenvalue weighted by atomic mass is 10.1. The first-order valence-electron chi connectivity index (χ1n) is 12.3. The van der Waals surface area contributed by atoms with E-state index in [2.05, 4.69) is 20.7 Å². The van der Waals surface area contributed by atoms with Gasteiger partial charge in [0.1, 0.15) is 5.69 Å². The van der Waals surface area contributed by atoms with Crippen LogP contribution in [-0.4, -0.2) is 50.4 Å². The molecule has 0 saturated heterocycles. The summed E-state index contributed by atoms with van der Waals surface area (Å²) in [4.78, 5) is 29.7. The van der Waals surface area contributed by atoms with E-state index in [1.165, 1.54) is 10.9 Å². The minimum Gasteiger partial charge on any atom is -0.431 e. The molecule has 0 aliphatic heterocycles. The highest BCUT2D eigenvalue weighted by molar-refractivity contribution is 5.94. The van der Waals surface area contributed by atoms with Gasteiger partial charge in [-0.15, -0.1) is 0 Å². The predicted octanol–water partition coefficient (Wildman–Crippen LogP) is 3.25. The van der Waals surface area contributed by atoms with E-state index in [1.807, 2.05) is 38.1 Å². The fraction of sp³-hybridized carbons (Fsp3) is 0.462. The Kier molecular flexibility index (Phi) is 6.42. The molecule has 2 amide bonds. The van der Waals surface area contributed by atoms with Crippen LogP contribution in [0.5, 0.6) is 0 Å². The molecule has 0 spiro atoms. The summed E-state index contributed by atoms with van der Waals surface area (Å²) in [6.45, 7) is 4.12. The van der Waals surface area contributed by atoms with Crippen LogP contribution >= 0.6 is 0 Å². The number of hydrogen-bond donors (Lipinski definition) is 3. The first kappa shape index (κ1) is 23.3. The van der Waals surface area contributed by atoms with Gasteiger partial charge in [-0.1, -0.05) is 12.1 Å². The van der Waals surface area contributed by atoms with Crippen molar-refractivity contribution in [2.75, 3.05) is 6.61 Å². The molecule has 2 atom stereocenters. The maximum Gasteiger partial charge on any atom is 0.288 e. The van der Waals surface area contributed by atoms with Gasteiger partial charge in [0.05, 0.1) is 25.0 Å². The van der Waals surface area contributed by atoms with Crippen LogP contribution in [0.1, 0.15) is 60.6 Å². The van der Waals surface area contributed by atoms with Crippen molar-refractivity contribution in [2.45, 2.75) is 58.2 Å². The number of hydrogen-bond acceptors (Lipinski definition) is 6. The normalized spacial score (nSPS) is 17.1. The van der Waals surface area contributed by atoms with E-state index in [1.54, 1.807) is 6.07 Å². The Morgan fingerprint density at radius 3 is 2.37 bits per heavy atom. The first-order chi connectivity index (χ1) is 16.9. The fourth-order valence-electron chi connectivity index (χ4n) is 4.32. The quantitative estimate of drug-likeness (QED) is 0.412. The molecule has 9 heteroatoms. The summed E-state index contributed by atoms with van der Waals surface area (Å²) in [5.41, 5.74) is 2.48. The molecule has 3 aromatic rings. The van der Waals surface area contributed by atoms with Crippen molar-refractivity contribution >= 4 is 11.8 Å². The number of rotatable bonds is 10. The molecule has 0 bridgehead atoms. The lowest BCUT2D eigenvalue weighted by Crippen LogP contribution is -2.35. The van der Waals surface area contributed by atoms with Crippen LogP contribution in [0.3, 0.4) is 0 Å². The minimum atomic E-state index is -0.266. The average molecular weight is 478 g/mol. The van der Waals surface area contributed by atoms with Gasteiger partial charge in [-0.3, -0.25) is 14.3 Å². The molecule has 2 aromatic heterocycles. The van der Waals surface area contributed by atoms with Gasteiger partial charge in [-0.2, -0.15) is 5.10 Å². The molecule has 5 rings (SSSR count). The second kappa shape index (κ2) is 9.65. The van der Waals surface area contributed by atoms with E-state index in [4.69, 9.17) is 4.42 Å². The van der Waals surface area contributed by atoms with Crippen molar-refractivity contribution in [3.8, 4) is 22.7 Å². The van der Waals surface area contributed by atoms with Gasteiger partial charge in [-0.05, 0) is 69.6 Å². The second-order valence-electron chi connectivity index (χ2n) is 9.67. The van der Waals surface area contributed by atoms with Crippen LogP contribution in [0.15, 0.2) is 40.9 Å². The van der Waals surface area contributed by atoms with E-state index in [0.717, 1.165) is 31.2 Å². The van der Waals surface area contributed by atoms with Gasteiger partial charge in [0.15, 0.2) is 0 Å². The molecule has 2 saturated carbocycles. The van der Waals surface area contributed by atoms with E-state index in [9.17, 15) is 14.7 Å². The van der Waals surface area contributed by atoms with E-state index < -0.39 is 0 Å². The molecule has 0 radical (unpaired) electrons. The zero-order valence-electron chi connectivity index (χ0n) is 20.0. The van der Waals surface area contributed by atoms with Crippen LogP contribution in [0.2, 0.25) is 0 Å². The number of nitrogens with one attached hydrogen (secondary N) is 2. The maximum atomic E-state index is 12.9. The molecule has 0 unspecified atom stereocenters. The number of aliphatic hydroxyl groups is 1. The first-order valence-corrected chi connectivity index (χ1v) is 12.3. The lowest BCUT2D eigenvalue weighted by molar-refractivity contribution is 0.0905. The second-order valence-corrected chi connectivity index (χ2v) is 9.67. The van der Waals surface area contributed by atoms with Gasteiger partial charge in [0.25, 0.3) is 11.8 Å². The van der Waals surface area contributed by atoms with Crippen molar-refractivity contribution in [3.05, 3.63) is 48.0 Å². The number of nitrogens with zero attached hydrogens (tertiary/aromatic N) is 3. The van der Waals surface area contributed by atoms with Crippen LogP contribution in [-0.2, 0) is 6.54 Å². The smallest absolute Gasteiger partial charge is 0.288 e. The maximum absolute atomic E-state index is 12.9. The Balaban J connectivity index is 1.35. The lowest BCUT2D eigenvalue weighted by Gasteiger charge is -2.13. The fourth-order valence-corrected chi connectivity index (χ4v) is 4.32. The molecule has 35 heavy (non-hydrogen) atoms. The van der Waals surface area contributed by atoms with Gasteiger partial charge in [-0.25, -0.2) is 4.98 Å². The number of benzene rings is 1. The van der Waals surface area contributed by atoms with Crippen LogP contribution in [0, 0.1) is 11.8 Å². The molecule has 2 aliphatic rings. The molecule has 1 aromatic carbocycles. The standard InChI is InChI=1S/C26H31N5O4/c1-15(17-6-7-17)28-24(33)22-13-21(30-31(22)10-11-32)19-4-3-5-20(12-19)26-27-14-23(35-26)25(34)29-16(2)18-8-9-18/h3-5,12-18,32H,6-11H2,1-2H3,(H,28,33)(H,29,34)/t15-,16-/m1/s1. The third kappa shape index (κ3) is 5.30. The van der Waals surface area contributed by atoms with Crippen molar-refractivity contribution in [3.63, 3.8) is 0 Å². The largest absolute Gasteiger partial charge is 0.431 e. The van der Waals surface area contributed by atoms with E-state index in [0.29, 0.717) is 34.7 Å². The van der Waals surface area contributed by atoms with Crippen LogP contribution < -0.4 is 10.6 Å². The predicted molar refractivity (Wildman–Crippen MR) is 130 cm³/mol. The summed E-state index contributed by atoms with van der Waals surface area (Å²) in [5, 5.41) is 20.1. The third-order valence-corrected chi connectivity index (χ3v) is 6.83. The molecule has 2 fully saturated rings. The molecular formula is C26H31N5O4. The van der Waals surface area contributed by atoms with Gasteiger partial charge in [0, 0.05) is 23.2 Å². The topological polar surface area (TPSA) is 122 Å². The summed E-state index contributed by atoms with van der Waals surface area (Å²) < 4.78 is 7.29. The Morgan fingerprint density at radius 2 is 1.71 bits per heavy atom. The number of aliphatic hydroxyl groups excluding tert-OH is 1. The number of amides is 2. The van der Waals surface area contributed by atoms with Crippen LogP contribution in [0.25, 0.3) is 22.7 Å². The monoisotopic (exact) mass is 477 g/mol. The van der Waals surface area contributed by atoms with E-state index >= 15 is 0 Å². The number of oxazole rings is 1. The summed E-state index contributed by atoms with van der Waals surface area (Å²) in [7, 11) is 0. The van der Waals surface area contributed by atoms with Crippen LogP contribution in [0.4, 0.5) is 0 Å². The highest BCUT2D eigenvalue weighted by atomic mass is 16.4. The Labute approximate surface area is 203 Å². The van der Waals surface area contributed by atoms with Crippen molar-refractivity contribution in [2.24, 2.45) is 11.8 Å². The summed E-state index contributed by atoms with van der Waals surface area (Å²) in [5.74, 6) is 1.13. The highest BCUT2D eigenvalue weighted by Crippen LogP contribution is 2.33. The summed E-state index contributed by atoms with van der Waals surface area (Å²) >= 11 is 0. The Morgan fingerprint density at radius 1 is 1.06 bits per heavy atom. The number of carbonyl (C=O) groups excluding carboxylic acids is 2. The Hall–Kier alpha value is -3.46. The summed E-state index contributed by atoms with van der Waals surface area (Å²) in [6.07, 6.45) is 6.01. The molecule has 184 valence electrons. The van der Waals surface area contributed by atoms with Gasteiger partial charge in [0.2, 0.25) is 11.7 Å². The van der Waals surface area contributed by atoms with Gasteiger partial charge >= 0.3 is 0 Å². The summed E-state index contributed by atoms with van der Waals surface area (Å²) in [6, 6.07) is 9.40. The molecular weight excluding hydrogens is 446 g/mol. The Bertz CT molecular complexity index is 1220.